The summed E-state index contributed by atoms with van der Waals surface area (Å²) in [5, 5.41) is 3.02. The fourth-order valence-electron chi connectivity index (χ4n) is 3.40. The minimum atomic E-state index is -0.917. The molecule has 2 amide bonds. The Morgan fingerprint density at radius 1 is 1.04 bits per heavy atom. The van der Waals surface area contributed by atoms with Crippen molar-refractivity contribution >= 4 is 17.5 Å². The number of nitrogens with one attached hydrogen (secondary N) is 1. The van der Waals surface area contributed by atoms with Gasteiger partial charge in [0.15, 0.2) is 0 Å². The van der Waals surface area contributed by atoms with Crippen molar-refractivity contribution in [1.82, 2.24) is 4.90 Å². The summed E-state index contributed by atoms with van der Waals surface area (Å²) in [7, 11) is 0. The quantitative estimate of drug-likeness (QED) is 0.740. The van der Waals surface area contributed by atoms with Gasteiger partial charge >= 0.3 is 0 Å². The van der Waals surface area contributed by atoms with Gasteiger partial charge in [0.1, 0.15) is 5.41 Å². The summed E-state index contributed by atoms with van der Waals surface area (Å²) >= 11 is 0. The molecule has 0 aliphatic heterocycles. The van der Waals surface area contributed by atoms with Crippen molar-refractivity contribution in [2.45, 2.75) is 52.6 Å². The molecular weight excluding hydrogens is 336 g/mol. The van der Waals surface area contributed by atoms with Crippen molar-refractivity contribution < 1.29 is 9.59 Å². The highest BCUT2D eigenvalue weighted by atomic mass is 16.2. The molecule has 4 nitrogen and oxygen atoms in total. The number of para-hydroxylation sites is 1. The summed E-state index contributed by atoms with van der Waals surface area (Å²) in [6.07, 6.45) is 2.07. The highest BCUT2D eigenvalue weighted by molar-refractivity contribution is 6.13. The molecule has 142 valence electrons. The Balaban J connectivity index is 1.78. The van der Waals surface area contributed by atoms with E-state index in [-0.39, 0.29) is 17.9 Å². The molecule has 0 spiro atoms. The average Bonchev–Trinajstić information content (AvgIpc) is 3.49. The molecule has 0 aromatic heterocycles. The van der Waals surface area contributed by atoms with Crippen LogP contribution in [0.3, 0.4) is 0 Å². The molecule has 1 fully saturated rings. The van der Waals surface area contributed by atoms with Crippen molar-refractivity contribution in [2.75, 3.05) is 5.32 Å². The van der Waals surface area contributed by atoms with E-state index >= 15 is 0 Å². The summed E-state index contributed by atoms with van der Waals surface area (Å²) in [5.41, 5.74) is 2.05. The van der Waals surface area contributed by atoms with Gasteiger partial charge in [0.25, 0.3) is 0 Å². The third kappa shape index (κ3) is 4.05. The molecule has 0 bridgehead atoms. The highest BCUT2D eigenvalue weighted by Crippen LogP contribution is 2.48. The van der Waals surface area contributed by atoms with Gasteiger partial charge in [0.2, 0.25) is 11.8 Å². The maximum atomic E-state index is 13.3. The first-order chi connectivity index (χ1) is 13.0. The van der Waals surface area contributed by atoms with E-state index < -0.39 is 5.41 Å². The van der Waals surface area contributed by atoms with Crippen molar-refractivity contribution in [3.63, 3.8) is 0 Å². The number of carbonyl (C=O) groups is 2. The number of benzene rings is 2. The number of hydrogen-bond acceptors (Lipinski definition) is 2. The molecule has 27 heavy (non-hydrogen) atoms. The van der Waals surface area contributed by atoms with Gasteiger partial charge in [-0.3, -0.25) is 9.59 Å². The third-order valence-electron chi connectivity index (χ3n) is 5.32. The SMILES string of the molecule is CCc1ccccc1NC(=O)C1(C(=O)N(Cc2ccccc2)C(C)C)CC1. The summed E-state index contributed by atoms with van der Waals surface area (Å²) in [5.74, 6) is -0.236. The molecule has 0 heterocycles. The number of carbonyl (C=O) groups excluding carboxylic acids is 2. The van der Waals surface area contributed by atoms with Crippen LogP contribution >= 0.6 is 0 Å². The van der Waals surface area contributed by atoms with E-state index in [1.807, 2.05) is 73.3 Å². The molecule has 4 heteroatoms. The first-order valence-corrected chi connectivity index (χ1v) is 9.72. The Bertz CT molecular complexity index is 810. The number of amides is 2. The van der Waals surface area contributed by atoms with E-state index in [4.69, 9.17) is 0 Å². The van der Waals surface area contributed by atoms with E-state index in [1.54, 1.807) is 0 Å². The second kappa shape index (κ2) is 7.95. The lowest BCUT2D eigenvalue weighted by Crippen LogP contribution is -2.45. The zero-order chi connectivity index (χ0) is 19.4. The maximum absolute atomic E-state index is 13.3. The monoisotopic (exact) mass is 364 g/mol. The van der Waals surface area contributed by atoms with Crippen LogP contribution in [0.25, 0.3) is 0 Å². The van der Waals surface area contributed by atoms with E-state index in [0.717, 1.165) is 23.2 Å². The van der Waals surface area contributed by atoms with Crippen LogP contribution in [0, 0.1) is 5.41 Å². The second-order valence-electron chi connectivity index (χ2n) is 7.56. The molecule has 1 saturated carbocycles. The summed E-state index contributed by atoms with van der Waals surface area (Å²) in [6.45, 7) is 6.59. The largest absolute Gasteiger partial charge is 0.335 e. The number of aryl methyl sites for hydroxylation is 1. The van der Waals surface area contributed by atoms with Crippen molar-refractivity contribution in [3.8, 4) is 0 Å². The van der Waals surface area contributed by atoms with Gasteiger partial charge in [0.05, 0.1) is 0 Å². The van der Waals surface area contributed by atoms with Crippen LogP contribution in [-0.4, -0.2) is 22.8 Å². The Morgan fingerprint density at radius 3 is 2.26 bits per heavy atom. The smallest absolute Gasteiger partial charge is 0.240 e. The molecule has 0 radical (unpaired) electrons. The highest BCUT2D eigenvalue weighted by Gasteiger charge is 2.58. The molecule has 1 aliphatic rings. The minimum absolute atomic E-state index is 0.0332. The van der Waals surface area contributed by atoms with Crippen LogP contribution < -0.4 is 5.32 Å². The zero-order valence-electron chi connectivity index (χ0n) is 16.4. The van der Waals surface area contributed by atoms with Crippen LogP contribution in [0.1, 0.15) is 44.7 Å². The van der Waals surface area contributed by atoms with Gasteiger partial charge < -0.3 is 10.2 Å². The van der Waals surface area contributed by atoms with Crippen LogP contribution in [0.4, 0.5) is 5.69 Å². The van der Waals surface area contributed by atoms with Crippen LogP contribution in [-0.2, 0) is 22.6 Å². The molecule has 1 N–H and O–H groups in total. The molecule has 1 aliphatic carbocycles. The van der Waals surface area contributed by atoms with Gasteiger partial charge in [-0.05, 0) is 50.3 Å². The fourth-order valence-corrected chi connectivity index (χ4v) is 3.40. The predicted molar refractivity (Wildman–Crippen MR) is 108 cm³/mol. The van der Waals surface area contributed by atoms with E-state index in [1.165, 1.54) is 0 Å². The van der Waals surface area contributed by atoms with Crippen LogP contribution in [0.5, 0.6) is 0 Å². The lowest BCUT2D eigenvalue weighted by Gasteiger charge is -2.30. The van der Waals surface area contributed by atoms with Gasteiger partial charge in [-0.15, -0.1) is 0 Å². The average molecular weight is 364 g/mol. The number of rotatable bonds is 7. The lowest BCUT2D eigenvalue weighted by atomic mass is 10.0. The van der Waals surface area contributed by atoms with Gasteiger partial charge in [-0.1, -0.05) is 55.5 Å². The zero-order valence-corrected chi connectivity index (χ0v) is 16.4. The number of nitrogens with zero attached hydrogens (tertiary/aromatic N) is 1. The van der Waals surface area contributed by atoms with E-state index in [0.29, 0.717) is 19.4 Å². The Kier molecular flexibility index (Phi) is 5.64. The standard InChI is InChI=1S/C23H28N2O2/c1-4-19-12-8-9-13-20(19)24-21(26)23(14-15-23)22(27)25(17(2)3)16-18-10-6-5-7-11-18/h5-13,17H,4,14-16H2,1-3H3,(H,24,26). The maximum Gasteiger partial charge on any atom is 0.240 e. The predicted octanol–water partition coefficient (Wildman–Crippen LogP) is 4.40. The molecule has 2 aromatic rings. The first kappa shape index (κ1) is 19.2. The van der Waals surface area contributed by atoms with E-state index in [2.05, 4.69) is 12.2 Å². The third-order valence-corrected chi connectivity index (χ3v) is 5.32. The minimum Gasteiger partial charge on any atom is -0.335 e. The topological polar surface area (TPSA) is 49.4 Å². The molecular formula is C23H28N2O2. The molecule has 0 saturated heterocycles. The Morgan fingerprint density at radius 2 is 1.67 bits per heavy atom. The molecule has 0 atom stereocenters. The first-order valence-electron chi connectivity index (χ1n) is 9.72. The number of anilines is 1. The normalized spacial score (nSPS) is 14.7. The lowest BCUT2D eigenvalue weighted by molar-refractivity contribution is -0.144. The van der Waals surface area contributed by atoms with Gasteiger partial charge in [-0.25, -0.2) is 0 Å². The molecule has 2 aromatic carbocycles. The van der Waals surface area contributed by atoms with Crippen molar-refractivity contribution in [2.24, 2.45) is 5.41 Å². The van der Waals surface area contributed by atoms with Gasteiger partial charge in [-0.2, -0.15) is 0 Å². The summed E-state index contributed by atoms with van der Waals surface area (Å²) < 4.78 is 0. The molecule has 0 unspecified atom stereocenters. The van der Waals surface area contributed by atoms with Crippen molar-refractivity contribution in [3.05, 3.63) is 65.7 Å². The van der Waals surface area contributed by atoms with Crippen molar-refractivity contribution in [1.29, 1.82) is 0 Å². The number of hydrogen-bond donors (Lipinski definition) is 1. The van der Waals surface area contributed by atoms with Crippen LogP contribution in [0.2, 0.25) is 0 Å². The summed E-state index contributed by atoms with van der Waals surface area (Å²) in [6, 6.07) is 17.8. The van der Waals surface area contributed by atoms with Gasteiger partial charge in [0, 0.05) is 18.3 Å². The Hall–Kier alpha value is -2.62. The molecule has 3 rings (SSSR count). The van der Waals surface area contributed by atoms with Crippen LogP contribution in [0.15, 0.2) is 54.6 Å². The second-order valence-corrected chi connectivity index (χ2v) is 7.56. The summed E-state index contributed by atoms with van der Waals surface area (Å²) in [4.78, 5) is 28.2. The fraction of sp³-hybridized carbons (Fsp3) is 0.391. The Labute approximate surface area is 161 Å². The van der Waals surface area contributed by atoms with E-state index in [9.17, 15) is 9.59 Å².